The lowest BCUT2D eigenvalue weighted by Gasteiger charge is -2.06. The number of hydrogen-bond donors (Lipinski definition) is 3. The van der Waals surface area contributed by atoms with Crippen molar-refractivity contribution in [2.45, 2.75) is 0 Å². The van der Waals surface area contributed by atoms with E-state index in [9.17, 15) is 14.9 Å². The molecule has 1 aromatic rings. The SMILES string of the molecule is C=CC(=O)Nc1cc(B(O)O)ccc1[N+](=O)[O-]. The summed E-state index contributed by atoms with van der Waals surface area (Å²) in [6.45, 7) is 3.21. The number of hydrogen-bond acceptors (Lipinski definition) is 5. The van der Waals surface area contributed by atoms with Crippen LogP contribution in [0.3, 0.4) is 0 Å². The molecule has 0 aliphatic heterocycles. The Kier molecular flexibility index (Phi) is 3.97. The summed E-state index contributed by atoms with van der Waals surface area (Å²) in [6.07, 6.45) is 0.950. The fraction of sp³-hybridized carbons (Fsp3) is 0. The second-order valence-corrected chi connectivity index (χ2v) is 3.10. The number of carbonyl (C=O) groups excluding carboxylic acids is 1. The maximum atomic E-state index is 11.1. The quantitative estimate of drug-likeness (QED) is 0.279. The van der Waals surface area contributed by atoms with Crippen molar-refractivity contribution in [2.75, 3.05) is 5.32 Å². The first-order chi connectivity index (χ1) is 7.95. The Labute approximate surface area is 96.7 Å². The Bertz CT molecular complexity index is 474. The van der Waals surface area contributed by atoms with Gasteiger partial charge in [-0.1, -0.05) is 12.6 Å². The lowest BCUT2D eigenvalue weighted by atomic mass is 9.80. The van der Waals surface area contributed by atoms with Crippen molar-refractivity contribution in [3.05, 3.63) is 41.0 Å². The van der Waals surface area contributed by atoms with Gasteiger partial charge in [-0.05, 0) is 17.6 Å². The highest BCUT2D eigenvalue weighted by Gasteiger charge is 2.19. The van der Waals surface area contributed by atoms with E-state index in [1.54, 1.807) is 0 Å². The summed E-state index contributed by atoms with van der Waals surface area (Å²) in [5.74, 6) is -0.627. The molecule has 0 bridgehead atoms. The van der Waals surface area contributed by atoms with Gasteiger partial charge >= 0.3 is 7.12 Å². The van der Waals surface area contributed by atoms with Gasteiger partial charge in [-0.2, -0.15) is 0 Å². The second-order valence-electron chi connectivity index (χ2n) is 3.10. The van der Waals surface area contributed by atoms with Gasteiger partial charge in [0, 0.05) is 6.07 Å². The Hall–Kier alpha value is -2.19. The fourth-order valence-electron chi connectivity index (χ4n) is 1.16. The standard InChI is InChI=1S/C9H9BN2O5/c1-2-9(13)11-7-5-6(10(14)15)3-4-8(7)12(16)17/h2-5,14-15H,1H2,(H,11,13). The van der Waals surface area contributed by atoms with E-state index in [-0.39, 0.29) is 16.8 Å². The molecule has 1 amide bonds. The van der Waals surface area contributed by atoms with Gasteiger partial charge in [0.15, 0.2) is 0 Å². The molecule has 1 rings (SSSR count). The zero-order chi connectivity index (χ0) is 13.0. The molecule has 7 nitrogen and oxygen atoms in total. The molecule has 0 unspecified atom stereocenters. The number of nitro benzene ring substituents is 1. The van der Waals surface area contributed by atoms with E-state index in [2.05, 4.69) is 11.9 Å². The van der Waals surface area contributed by atoms with E-state index < -0.39 is 17.9 Å². The summed E-state index contributed by atoms with van der Waals surface area (Å²) in [5, 5.41) is 30.7. The lowest BCUT2D eigenvalue weighted by Crippen LogP contribution is -2.30. The van der Waals surface area contributed by atoms with Gasteiger partial charge in [-0.15, -0.1) is 0 Å². The number of anilines is 1. The third kappa shape index (κ3) is 3.13. The topological polar surface area (TPSA) is 113 Å². The molecular weight excluding hydrogens is 227 g/mol. The maximum Gasteiger partial charge on any atom is 0.488 e. The molecule has 0 fully saturated rings. The molecule has 0 radical (unpaired) electrons. The Balaban J connectivity index is 3.20. The van der Waals surface area contributed by atoms with Crippen LogP contribution in [0.25, 0.3) is 0 Å². The summed E-state index contributed by atoms with van der Waals surface area (Å²) in [7, 11) is -1.77. The van der Waals surface area contributed by atoms with Gasteiger partial charge < -0.3 is 15.4 Å². The van der Waals surface area contributed by atoms with Crippen LogP contribution < -0.4 is 10.8 Å². The van der Waals surface area contributed by atoms with Crippen molar-refractivity contribution in [1.29, 1.82) is 0 Å². The Morgan fingerprint density at radius 1 is 1.53 bits per heavy atom. The van der Waals surface area contributed by atoms with Crippen LogP contribution in [0, 0.1) is 10.1 Å². The molecule has 8 heteroatoms. The zero-order valence-corrected chi connectivity index (χ0v) is 8.66. The van der Waals surface area contributed by atoms with Gasteiger partial charge in [-0.3, -0.25) is 14.9 Å². The molecule has 0 spiro atoms. The zero-order valence-electron chi connectivity index (χ0n) is 8.66. The predicted octanol–water partition coefficient (Wildman–Crippen LogP) is -0.601. The van der Waals surface area contributed by atoms with Crippen LogP contribution in [0.15, 0.2) is 30.9 Å². The van der Waals surface area contributed by atoms with E-state index in [0.29, 0.717) is 0 Å². The van der Waals surface area contributed by atoms with Gasteiger partial charge in [0.2, 0.25) is 5.91 Å². The number of carbonyl (C=O) groups is 1. The molecule has 0 aliphatic carbocycles. The summed E-state index contributed by atoms with van der Waals surface area (Å²) >= 11 is 0. The highest BCUT2D eigenvalue weighted by Crippen LogP contribution is 2.22. The van der Waals surface area contributed by atoms with E-state index in [1.807, 2.05) is 0 Å². The van der Waals surface area contributed by atoms with Crippen molar-refractivity contribution in [1.82, 2.24) is 0 Å². The van der Waals surface area contributed by atoms with Crippen molar-refractivity contribution in [3.8, 4) is 0 Å². The van der Waals surface area contributed by atoms with E-state index in [1.165, 1.54) is 6.07 Å². The summed E-state index contributed by atoms with van der Waals surface area (Å²) in [6, 6.07) is 3.38. The first-order valence-corrected chi connectivity index (χ1v) is 4.53. The molecule has 0 aliphatic rings. The molecule has 3 N–H and O–H groups in total. The molecule has 17 heavy (non-hydrogen) atoms. The average Bonchev–Trinajstić information content (AvgIpc) is 2.28. The monoisotopic (exact) mass is 236 g/mol. The highest BCUT2D eigenvalue weighted by atomic mass is 16.6. The number of nitrogens with zero attached hydrogens (tertiary/aromatic N) is 1. The van der Waals surface area contributed by atoms with Crippen LogP contribution >= 0.6 is 0 Å². The van der Waals surface area contributed by atoms with Crippen molar-refractivity contribution in [2.24, 2.45) is 0 Å². The minimum Gasteiger partial charge on any atom is -0.423 e. The van der Waals surface area contributed by atoms with Gasteiger partial charge in [0.1, 0.15) is 5.69 Å². The average molecular weight is 236 g/mol. The van der Waals surface area contributed by atoms with Gasteiger partial charge in [0.25, 0.3) is 5.69 Å². The van der Waals surface area contributed by atoms with Crippen LogP contribution in [-0.4, -0.2) is 28.0 Å². The minimum absolute atomic E-state index is 0.0370. The van der Waals surface area contributed by atoms with Gasteiger partial charge in [0.05, 0.1) is 4.92 Å². The molecule has 1 aromatic carbocycles. The van der Waals surface area contributed by atoms with Crippen LogP contribution in [0.5, 0.6) is 0 Å². The molecular formula is C9H9BN2O5. The second kappa shape index (κ2) is 5.24. The fourth-order valence-corrected chi connectivity index (χ4v) is 1.16. The first-order valence-electron chi connectivity index (χ1n) is 4.53. The normalized spacial score (nSPS) is 9.53. The highest BCUT2D eigenvalue weighted by molar-refractivity contribution is 6.58. The Morgan fingerprint density at radius 2 is 2.18 bits per heavy atom. The lowest BCUT2D eigenvalue weighted by molar-refractivity contribution is -0.383. The number of rotatable bonds is 4. The number of nitrogens with one attached hydrogen (secondary N) is 1. The third-order valence-electron chi connectivity index (χ3n) is 1.96. The molecule has 88 valence electrons. The van der Waals surface area contributed by atoms with Gasteiger partial charge in [-0.25, -0.2) is 0 Å². The maximum absolute atomic E-state index is 11.1. The first kappa shape index (κ1) is 12.9. The smallest absolute Gasteiger partial charge is 0.423 e. The molecule has 0 heterocycles. The molecule has 0 saturated heterocycles. The van der Waals surface area contributed by atoms with Crippen molar-refractivity contribution < 1.29 is 19.8 Å². The number of benzene rings is 1. The predicted molar refractivity (Wildman–Crippen MR) is 61.7 cm³/mol. The minimum atomic E-state index is -1.77. The summed E-state index contributed by atoms with van der Waals surface area (Å²) < 4.78 is 0. The van der Waals surface area contributed by atoms with E-state index >= 15 is 0 Å². The molecule has 0 saturated carbocycles. The van der Waals surface area contributed by atoms with Crippen LogP contribution in [0.4, 0.5) is 11.4 Å². The van der Waals surface area contributed by atoms with Crippen molar-refractivity contribution in [3.63, 3.8) is 0 Å². The largest absolute Gasteiger partial charge is 0.488 e. The summed E-state index contributed by atoms with van der Waals surface area (Å²) in [4.78, 5) is 21.0. The third-order valence-corrected chi connectivity index (χ3v) is 1.96. The number of nitro groups is 1. The molecule has 0 aromatic heterocycles. The molecule has 0 atom stereocenters. The summed E-state index contributed by atoms with van der Waals surface area (Å²) in [5.41, 5.74) is -0.426. The van der Waals surface area contributed by atoms with Crippen LogP contribution in [0.2, 0.25) is 0 Å². The van der Waals surface area contributed by atoms with Crippen LogP contribution in [-0.2, 0) is 4.79 Å². The number of amides is 1. The van der Waals surface area contributed by atoms with Crippen LogP contribution in [0.1, 0.15) is 0 Å². The van der Waals surface area contributed by atoms with E-state index in [4.69, 9.17) is 10.0 Å². The van der Waals surface area contributed by atoms with E-state index in [0.717, 1.165) is 18.2 Å². The Morgan fingerprint density at radius 3 is 2.65 bits per heavy atom. The van der Waals surface area contributed by atoms with Crippen molar-refractivity contribution >= 4 is 29.9 Å².